The molecule has 0 radical (unpaired) electrons. The summed E-state index contributed by atoms with van der Waals surface area (Å²) in [6.45, 7) is 5.16. The maximum atomic E-state index is 8.00. The topological polar surface area (TPSA) is 44.8 Å². The van der Waals surface area contributed by atoms with Gasteiger partial charge in [-0.3, -0.25) is 0 Å². The summed E-state index contributed by atoms with van der Waals surface area (Å²) in [4.78, 5) is 17.7. The van der Waals surface area contributed by atoms with Gasteiger partial charge in [0.1, 0.15) is 25.8 Å². The van der Waals surface area contributed by atoms with E-state index >= 15 is 0 Å². The Morgan fingerprint density at radius 1 is 0.750 bits per heavy atom. The molecule has 3 rings (SSSR count). The van der Waals surface area contributed by atoms with Gasteiger partial charge in [0, 0.05) is 0 Å². The summed E-state index contributed by atoms with van der Waals surface area (Å²) in [5.41, 5.74) is 5.82. The summed E-state index contributed by atoms with van der Waals surface area (Å²) in [6, 6.07) is 24.9. The lowest BCUT2D eigenvalue weighted by molar-refractivity contribution is -0.282. The zero-order valence-corrected chi connectivity index (χ0v) is 16.4. The van der Waals surface area contributed by atoms with Crippen LogP contribution in [0.3, 0.4) is 0 Å². The van der Waals surface area contributed by atoms with Crippen molar-refractivity contribution in [2.75, 3.05) is 7.11 Å². The van der Waals surface area contributed by atoms with Crippen molar-refractivity contribution < 1.29 is 19.3 Å². The van der Waals surface area contributed by atoms with E-state index < -0.39 is 0 Å². The zero-order valence-electron chi connectivity index (χ0n) is 16.4. The van der Waals surface area contributed by atoms with Crippen LogP contribution in [0.2, 0.25) is 0 Å². The predicted molar refractivity (Wildman–Crippen MR) is 111 cm³/mol. The molecule has 0 atom stereocenters. The first-order valence-corrected chi connectivity index (χ1v) is 9.13. The molecule has 3 aromatic rings. The smallest absolute Gasteiger partial charge is 0.120 e. The molecule has 146 valence electrons. The highest BCUT2D eigenvalue weighted by atomic mass is 17.2. The maximum absolute atomic E-state index is 8.00. The Labute approximate surface area is 166 Å². The van der Waals surface area contributed by atoms with Gasteiger partial charge in [0.2, 0.25) is 0 Å². The summed E-state index contributed by atoms with van der Waals surface area (Å²) in [6.07, 6.45) is 1.03. The number of hydrogen-bond donors (Lipinski definition) is 0. The van der Waals surface area contributed by atoms with E-state index in [4.69, 9.17) is 14.4 Å². The lowest BCUT2D eigenvalue weighted by atomic mass is 10.0. The van der Waals surface area contributed by atoms with Gasteiger partial charge in [-0.25, -0.2) is 9.78 Å². The van der Waals surface area contributed by atoms with Crippen molar-refractivity contribution in [3.8, 4) is 16.9 Å². The van der Waals surface area contributed by atoms with E-state index in [0.29, 0.717) is 13.2 Å². The van der Waals surface area contributed by atoms with Gasteiger partial charge in [0.15, 0.2) is 0 Å². The number of carbonyl (C=O) groups is 1. The fraction of sp³-hybridized carbons (Fsp3) is 0.208. The van der Waals surface area contributed by atoms with Gasteiger partial charge < -0.3 is 9.53 Å². The van der Waals surface area contributed by atoms with Crippen molar-refractivity contribution in [1.29, 1.82) is 0 Å². The quantitative estimate of drug-likeness (QED) is 0.389. The number of hydrogen-bond acceptors (Lipinski definition) is 4. The van der Waals surface area contributed by atoms with Crippen molar-refractivity contribution in [3.63, 3.8) is 0 Å². The Kier molecular flexibility index (Phi) is 8.92. The largest absolute Gasteiger partial charge is 0.489 e. The summed E-state index contributed by atoms with van der Waals surface area (Å²) in [5, 5.41) is 0. The molecule has 0 N–H and O–H groups in total. The van der Waals surface area contributed by atoms with Crippen molar-refractivity contribution in [3.05, 3.63) is 89.5 Å². The number of benzene rings is 3. The summed E-state index contributed by atoms with van der Waals surface area (Å²) in [7, 11) is 1.51. The predicted octanol–water partition coefficient (Wildman–Crippen LogP) is 5.39. The number of carbonyl (C=O) groups excluding carboxylic acids is 1. The van der Waals surface area contributed by atoms with Crippen LogP contribution in [0.4, 0.5) is 0 Å². The number of aryl methyl sites for hydroxylation is 1. The highest BCUT2D eigenvalue weighted by Gasteiger charge is 2.03. The van der Waals surface area contributed by atoms with Gasteiger partial charge in [0.25, 0.3) is 0 Å². The molecular weight excluding hydrogens is 352 g/mol. The molecule has 28 heavy (non-hydrogen) atoms. The Balaban J connectivity index is 0.00000136. The molecule has 0 saturated heterocycles. The van der Waals surface area contributed by atoms with Gasteiger partial charge in [0.05, 0.1) is 7.11 Å². The van der Waals surface area contributed by atoms with E-state index in [1.54, 1.807) is 0 Å². The van der Waals surface area contributed by atoms with E-state index in [2.05, 4.69) is 60.3 Å². The molecule has 0 unspecified atom stereocenters. The SMILES string of the molecule is C=O.CCc1cccc(COc2cccc(-c3cccc(COOC)c3)c2)c1. The van der Waals surface area contributed by atoms with Crippen LogP contribution in [0.25, 0.3) is 11.1 Å². The summed E-state index contributed by atoms with van der Waals surface area (Å²) in [5.74, 6) is 0.864. The molecular formula is C24H26O4. The van der Waals surface area contributed by atoms with Gasteiger partial charge in [-0.2, -0.15) is 0 Å². The first kappa shape index (κ1) is 21.4. The van der Waals surface area contributed by atoms with Crippen LogP contribution in [0.15, 0.2) is 72.8 Å². The van der Waals surface area contributed by atoms with Gasteiger partial charge in [-0.05, 0) is 52.4 Å². The van der Waals surface area contributed by atoms with E-state index in [0.717, 1.165) is 28.9 Å². The van der Waals surface area contributed by atoms with E-state index in [9.17, 15) is 0 Å². The molecule has 0 spiro atoms. The highest BCUT2D eigenvalue weighted by Crippen LogP contribution is 2.25. The molecule has 0 saturated carbocycles. The normalized spacial score (nSPS) is 10.1. The van der Waals surface area contributed by atoms with Crippen LogP contribution in [-0.4, -0.2) is 13.9 Å². The van der Waals surface area contributed by atoms with E-state index in [-0.39, 0.29) is 0 Å². The lowest BCUT2D eigenvalue weighted by Crippen LogP contribution is -1.96. The molecule has 0 fully saturated rings. The number of ether oxygens (including phenoxy) is 1. The minimum absolute atomic E-state index is 0.425. The molecule has 3 aromatic carbocycles. The third-order valence-corrected chi connectivity index (χ3v) is 4.24. The van der Waals surface area contributed by atoms with Crippen LogP contribution in [0.5, 0.6) is 5.75 Å². The average molecular weight is 378 g/mol. The second kappa shape index (κ2) is 11.7. The molecule has 4 nitrogen and oxygen atoms in total. The third-order valence-electron chi connectivity index (χ3n) is 4.24. The second-order valence-corrected chi connectivity index (χ2v) is 6.12. The van der Waals surface area contributed by atoms with Gasteiger partial charge >= 0.3 is 0 Å². The van der Waals surface area contributed by atoms with Crippen molar-refractivity contribution in [2.45, 2.75) is 26.6 Å². The van der Waals surface area contributed by atoms with Crippen molar-refractivity contribution >= 4 is 6.79 Å². The standard InChI is InChI=1S/C23H24O3.CH2O/c1-3-18-7-4-8-19(13-18)16-25-23-12-6-11-22(15-23)21-10-5-9-20(14-21)17-26-24-2;1-2/h4-15H,3,16-17H2,1-2H3;1H2. The highest BCUT2D eigenvalue weighted by molar-refractivity contribution is 5.65. The van der Waals surface area contributed by atoms with Gasteiger partial charge in [-0.1, -0.05) is 61.5 Å². The monoisotopic (exact) mass is 378 g/mol. The molecule has 0 bridgehead atoms. The van der Waals surface area contributed by atoms with Crippen LogP contribution in [0, 0.1) is 0 Å². The molecule has 0 aliphatic carbocycles. The minimum atomic E-state index is 0.425. The lowest BCUT2D eigenvalue weighted by Gasteiger charge is -2.10. The Hall–Kier alpha value is -2.95. The van der Waals surface area contributed by atoms with Crippen LogP contribution in [-0.2, 0) is 34.2 Å². The minimum Gasteiger partial charge on any atom is -0.489 e. The first-order valence-electron chi connectivity index (χ1n) is 9.13. The number of rotatable bonds is 8. The first-order chi connectivity index (χ1) is 13.8. The van der Waals surface area contributed by atoms with Crippen LogP contribution in [0.1, 0.15) is 23.6 Å². The Bertz CT molecular complexity index is 860. The summed E-state index contributed by atoms with van der Waals surface area (Å²) < 4.78 is 6.00. The van der Waals surface area contributed by atoms with Crippen molar-refractivity contribution in [2.24, 2.45) is 0 Å². The molecule has 4 heteroatoms. The molecule has 0 heterocycles. The fourth-order valence-electron chi connectivity index (χ4n) is 2.84. The van der Waals surface area contributed by atoms with E-state index in [1.165, 1.54) is 18.2 Å². The van der Waals surface area contributed by atoms with E-state index in [1.807, 2.05) is 31.1 Å². The van der Waals surface area contributed by atoms with Gasteiger partial charge in [-0.15, -0.1) is 0 Å². The van der Waals surface area contributed by atoms with Crippen LogP contribution < -0.4 is 4.74 Å². The molecule has 0 amide bonds. The average Bonchev–Trinajstić information content (AvgIpc) is 2.78. The van der Waals surface area contributed by atoms with Crippen molar-refractivity contribution in [1.82, 2.24) is 0 Å². The summed E-state index contributed by atoms with van der Waals surface area (Å²) >= 11 is 0. The second-order valence-electron chi connectivity index (χ2n) is 6.12. The zero-order chi connectivity index (χ0) is 20.2. The van der Waals surface area contributed by atoms with Crippen LogP contribution >= 0.6 is 0 Å². The Morgan fingerprint density at radius 3 is 2.07 bits per heavy atom. The molecule has 0 aliphatic rings. The molecule has 0 aromatic heterocycles. The molecule has 0 aliphatic heterocycles. The third kappa shape index (κ3) is 6.34. The Morgan fingerprint density at radius 2 is 1.36 bits per heavy atom. The maximum Gasteiger partial charge on any atom is 0.120 e. The fourth-order valence-corrected chi connectivity index (χ4v) is 2.84.